The lowest BCUT2D eigenvalue weighted by Crippen LogP contribution is -2.57. The number of nitrogens with one attached hydrogen (secondary N) is 1. The molecule has 1 N–H and O–H groups in total. The second-order valence-electron chi connectivity index (χ2n) is 4.95. The van der Waals surface area contributed by atoms with Gasteiger partial charge in [-0.25, -0.2) is 0 Å². The van der Waals surface area contributed by atoms with Crippen molar-refractivity contribution in [3.05, 3.63) is 29.8 Å². The normalized spacial score (nSPS) is 18.9. The zero-order valence-corrected chi connectivity index (χ0v) is 11.9. The fourth-order valence-electron chi connectivity index (χ4n) is 2.34. The van der Waals surface area contributed by atoms with Crippen molar-refractivity contribution in [1.82, 2.24) is 10.2 Å². The molecule has 5 nitrogen and oxygen atoms in total. The maximum atomic E-state index is 12.3. The number of ether oxygens (including phenoxy) is 1. The molecule has 1 fully saturated rings. The molecular weight excluding hydrogens is 256 g/mol. The van der Waals surface area contributed by atoms with Crippen molar-refractivity contribution in [2.24, 2.45) is 0 Å². The Morgan fingerprint density at radius 3 is 2.60 bits per heavy atom. The summed E-state index contributed by atoms with van der Waals surface area (Å²) in [6, 6.07) is 7.15. The Labute approximate surface area is 118 Å². The molecule has 0 saturated carbocycles. The zero-order valence-electron chi connectivity index (χ0n) is 11.9. The monoisotopic (exact) mass is 276 g/mol. The molecule has 0 aliphatic carbocycles. The molecule has 1 aliphatic heterocycles. The van der Waals surface area contributed by atoms with Crippen LogP contribution in [0.1, 0.15) is 25.3 Å². The number of rotatable bonds is 5. The van der Waals surface area contributed by atoms with Crippen LogP contribution in [0, 0.1) is 0 Å². The summed E-state index contributed by atoms with van der Waals surface area (Å²) in [6.07, 6.45) is 1.55. The largest absolute Gasteiger partial charge is 0.497 e. The van der Waals surface area contributed by atoms with E-state index in [1.165, 1.54) is 0 Å². The molecule has 0 bridgehead atoms. The predicted octanol–water partition coefficient (Wildman–Crippen LogP) is 1.32. The van der Waals surface area contributed by atoms with E-state index in [2.05, 4.69) is 5.32 Å². The van der Waals surface area contributed by atoms with E-state index in [0.29, 0.717) is 13.0 Å². The Bertz CT molecular complexity index is 484. The molecule has 1 aromatic rings. The Hall–Kier alpha value is -2.04. The maximum Gasteiger partial charge on any atom is 0.245 e. The molecule has 1 aromatic carbocycles. The lowest BCUT2D eigenvalue weighted by atomic mass is 10.1. The van der Waals surface area contributed by atoms with Gasteiger partial charge in [0.1, 0.15) is 11.8 Å². The number of nitrogens with zero attached hydrogens (tertiary/aromatic N) is 1. The van der Waals surface area contributed by atoms with Gasteiger partial charge in [0.15, 0.2) is 0 Å². The lowest BCUT2D eigenvalue weighted by Gasteiger charge is -2.32. The Balaban J connectivity index is 2.06. The molecule has 1 saturated heterocycles. The molecule has 0 aromatic heterocycles. The maximum absolute atomic E-state index is 12.3. The fourth-order valence-corrected chi connectivity index (χ4v) is 2.34. The summed E-state index contributed by atoms with van der Waals surface area (Å²) in [7, 11) is 1.61. The van der Waals surface area contributed by atoms with Crippen molar-refractivity contribution in [1.29, 1.82) is 0 Å². The summed E-state index contributed by atoms with van der Waals surface area (Å²) < 4.78 is 5.10. The number of methoxy groups -OCH3 is 1. The minimum atomic E-state index is -0.375. The summed E-state index contributed by atoms with van der Waals surface area (Å²) in [4.78, 5) is 25.6. The highest BCUT2D eigenvalue weighted by Gasteiger charge is 2.31. The van der Waals surface area contributed by atoms with E-state index in [1.54, 1.807) is 12.0 Å². The van der Waals surface area contributed by atoms with Gasteiger partial charge in [-0.2, -0.15) is 0 Å². The lowest BCUT2D eigenvalue weighted by molar-refractivity contribution is -0.145. The predicted molar refractivity (Wildman–Crippen MR) is 75.2 cm³/mol. The molecule has 20 heavy (non-hydrogen) atoms. The van der Waals surface area contributed by atoms with Gasteiger partial charge in [0.2, 0.25) is 11.8 Å². The van der Waals surface area contributed by atoms with E-state index < -0.39 is 0 Å². The van der Waals surface area contributed by atoms with E-state index >= 15 is 0 Å². The summed E-state index contributed by atoms with van der Waals surface area (Å²) >= 11 is 0. The molecule has 0 radical (unpaired) electrons. The first-order valence-corrected chi connectivity index (χ1v) is 6.85. The molecule has 1 heterocycles. The number of carbonyl (C=O) groups excluding carboxylic acids is 2. The average molecular weight is 276 g/mol. The van der Waals surface area contributed by atoms with E-state index in [-0.39, 0.29) is 24.4 Å². The number of hydrogen-bond donors (Lipinski definition) is 1. The van der Waals surface area contributed by atoms with E-state index in [1.807, 2.05) is 31.2 Å². The second-order valence-corrected chi connectivity index (χ2v) is 4.95. The van der Waals surface area contributed by atoms with Crippen LogP contribution >= 0.6 is 0 Å². The Kier molecular flexibility index (Phi) is 4.61. The van der Waals surface area contributed by atoms with Crippen LogP contribution in [0.3, 0.4) is 0 Å². The van der Waals surface area contributed by atoms with Crippen molar-refractivity contribution in [3.63, 3.8) is 0 Å². The van der Waals surface area contributed by atoms with Crippen molar-refractivity contribution < 1.29 is 14.3 Å². The van der Waals surface area contributed by atoms with Crippen LogP contribution in [0.25, 0.3) is 0 Å². The number of hydrogen-bond acceptors (Lipinski definition) is 3. The highest BCUT2D eigenvalue weighted by Crippen LogP contribution is 2.15. The first kappa shape index (κ1) is 14.4. The summed E-state index contributed by atoms with van der Waals surface area (Å²) in [5.41, 5.74) is 0.990. The molecule has 1 unspecified atom stereocenters. The van der Waals surface area contributed by atoms with Gasteiger partial charge in [0.25, 0.3) is 0 Å². The van der Waals surface area contributed by atoms with Gasteiger partial charge >= 0.3 is 0 Å². The van der Waals surface area contributed by atoms with Crippen LogP contribution in [-0.2, 0) is 16.1 Å². The Morgan fingerprint density at radius 1 is 1.30 bits per heavy atom. The third-order valence-electron chi connectivity index (χ3n) is 3.39. The second kappa shape index (κ2) is 6.41. The highest BCUT2D eigenvalue weighted by molar-refractivity contribution is 5.94. The minimum absolute atomic E-state index is 0.00210. The summed E-state index contributed by atoms with van der Waals surface area (Å²) in [6.45, 7) is 2.59. The first-order chi connectivity index (χ1) is 9.63. The average Bonchev–Trinajstić information content (AvgIpc) is 2.45. The quantitative estimate of drug-likeness (QED) is 0.882. The molecule has 2 rings (SSSR count). The van der Waals surface area contributed by atoms with Crippen molar-refractivity contribution in [2.75, 3.05) is 13.7 Å². The summed E-state index contributed by atoms with van der Waals surface area (Å²) in [5, 5.41) is 2.75. The van der Waals surface area contributed by atoms with E-state index in [4.69, 9.17) is 4.74 Å². The number of carbonyl (C=O) groups is 2. The number of piperazine rings is 1. The number of amides is 2. The summed E-state index contributed by atoms with van der Waals surface area (Å²) in [5.74, 6) is 0.694. The molecule has 1 aliphatic rings. The van der Waals surface area contributed by atoms with E-state index in [9.17, 15) is 9.59 Å². The van der Waals surface area contributed by atoms with Crippen LogP contribution in [0.4, 0.5) is 0 Å². The van der Waals surface area contributed by atoms with Gasteiger partial charge in [0.05, 0.1) is 13.7 Å². The van der Waals surface area contributed by atoms with Crippen molar-refractivity contribution >= 4 is 11.8 Å². The molecule has 5 heteroatoms. The van der Waals surface area contributed by atoms with Crippen molar-refractivity contribution in [2.45, 2.75) is 32.4 Å². The molecular formula is C15H20N2O3. The molecule has 2 amide bonds. The molecule has 0 spiro atoms. The van der Waals surface area contributed by atoms with Crippen LogP contribution in [0.15, 0.2) is 24.3 Å². The van der Waals surface area contributed by atoms with Crippen molar-refractivity contribution in [3.8, 4) is 5.75 Å². The van der Waals surface area contributed by atoms with Gasteiger partial charge in [0, 0.05) is 6.54 Å². The van der Waals surface area contributed by atoms with Crippen LogP contribution in [0.2, 0.25) is 0 Å². The standard InChI is InChI=1S/C15H20N2O3/c1-3-4-13-15(19)17(10-14(18)16-13)9-11-5-7-12(20-2)8-6-11/h5-8,13H,3-4,9-10H2,1-2H3,(H,16,18). The minimum Gasteiger partial charge on any atom is -0.497 e. The fraction of sp³-hybridized carbons (Fsp3) is 0.467. The van der Waals surface area contributed by atoms with Gasteiger partial charge < -0.3 is 15.0 Å². The topological polar surface area (TPSA) is 58.6 Å². The van der Waals surface area contributed by atoms with Crippen LogP contribution in [0.5, 0.6) is 5.75 Å². The third kappa shape index (κ3) is 3.29. The van der Waals surface area contributed by atoms with Gasteiger partial charge in [-0.3, -0.25) is 9.59 Å². The van der Waals surface area contributed by atoms with E-state index in [0.717, 1.165) is 17.7 Å². The van der Waals surface area contributed by atoms with Gasteiger partial charge in [-0.05, 0) is 24.1 Å². The van der Waals surface area contributed by atoms with Gasteiger partial charge in [-0.1, -0.05) is 25.5 Å². The van der Waals surface area contributed by atoms with Gasteiger partial charge in [-0.15, -0.1) is 0 Å². The third-order valence-corrected chi connectivity index (χ3v) is 3.39. The number of benzene rings is 1. The highest BCUT2D eigenvalue weighted by atomic mass is 16.5. The molecule has 108 valence electrons. The van der Waals surface area contributed by atoms with Crippen LogP contribution < -0.4 is 10.1 Å². The SMILES string of the molecule is CCCC1NC(=O)CN(Cc2ccc(OC)cc2)C1=O. The Morgan fingerprint density at radius 2 is 2.00 bits per heavy atom. The first-order valence-electron chi connectivity index (χ1n) is 6.85. The smallest absolute Gasteiger partial charge is 0.245 e. The molecule has 1 atom stereocenters. The van der Waals surface area contributed by atoms with Crippen LogP contribution in [-0.4, -0.2) is 36.4 Å². The zero-order chi connectivity index (χ0) is 14.5.